The molecule has 0 aliphatic rings. The van der Waals surface area contributed by atoms with E-state index in [1.165, 1.54) is 11.3 Å². The summed E-state index contributed by atoms with van der Waals surface area (Å²) in [5.74, 6) is 0. The summed E-state index contributed by atoms with van der Waals surface area (Å²) in [4.78, 5) is 2.34. The van der Waals surface area contributed by atoms with Crippen LogP contribution in [0.5, 0.6) is 0 Å². The minimum Gasteiger partial charge on any atom is -0.372 e. The molecule has 0 aromatic heterocycles. The molecule has 0 heterocycles. The molecule has 23 heavy (non-hydrogen) atoms. The second-order valence-corrected chi connectivity index (χ2v) is 5.72. The van der Waals surface area contributed by atoms with E-state index in [1.807, 2.05) is 13.0 Å². The van der Waals surface area contributed by atoms with Crippen LogP contribution in [0.2, 0.25) is 0 Å². The van der Waals surface area contributed by atoms with E-state index in [1.54, 1.807) is 6.08 Å². The van der Waals surface area contributed by atoms with E-state index in [2.05, 4.69) is 70.2 Å². The third-order valence-electron chi connectivity index (χ3n) is 4.11. The topological polar surface area (TPSA) is 3.24 Å². The maximum atomic E-state index is 4.29. The zero-order valence-electron chi connectivity index (χ0n) is 15.1. The Balaban J connectivity index is 3.27. The molecule has 0 spiro atoms. The Hall–Kier alpha value is -2.28. The van der Waals surface area contributed by atoms with E-state index in [0.29, 0.717) is 0 Å². The van der Waals surface area contributed by atoms with Crippen LogP contribution in [-0.2, 0) is 0 Å². The van der Waals surface area contributed by atoms with Gasteiger partial charge in [-0.2, -0.15) is 0 Å². The lowest BCUT2D eigenvalue weighted by Crippen LogP contribution is -2.21. The van der Waals surface area contributed by atoms with E-state index in [9.17, 15) is 0 Å². The lowest BCUT2D eigenvalue weighted by Gasteiger charge is -2.23. The van der Waals surface area contributed by atoms with Gasteiger partial charge in [-0.05, 0) is 67.7 Å². The van der Waals surface area contributed by atoms with Crippen LogP contribution in [0, 0.1) is 6.92 Å². The SMILES string of the molecule is C=C/C=C(\C(=C)C(=C)C)C(=C)c1ccc(N(CC)CC)cc1C. The smallest absolute Gasteiger partial charge is 0.0369 e. The fraction of sp³-hybridized carbons (Fsp3) is 0.273. The number of rotatable bonds is 8. The van der Waals surface area contributed by atoms with Gasteiger partial charge in [-0.3, -0.25) is 0 Å². The number of anilines is 1. The Bertz CT molecular complexity index is 655. The summed E-state index contributed by atoms with van der Waals surface area (Å²) in [6.07, 6.45) is 3.73. The monoisotopic (exact) mass is 307 g/mol. The Kier molecular flexibility index (Phi) is 6.84. The minimum absolute atomic E-state index is 0.905. The van der Waals surface area contributed by atoms with Gasteiger partial charge in [-0.15, -0.1) is 0 Å². The van der Waals surface area contributed by atoms with Crippen LogP contribution < -0.4 is 4.90 Å². The lowest BCUT2D eigenvalue weighted by molar-refractivity contribution is 0.865. The molecule has 1 aromatic carbocycles. The minimum atomic E-state index is 0.905. The summed E-state index contributed by atoms with van der Waals surface area (Å²) < 4.78 is 0. The molecule has 0 saturated heterocycles. The first-order chi connectivity index (χ1) is 10.9. The Morgan fingerprint density at radius 2 is 1.74 bits per heavy atom. The molecule has 0 N–H and O–H groups in total. The van der Waals surface area contributed by atoms with Gasteiger partial charge in [0.25, 0.3) is 0 Å². The van der Waals surface area contributed by atoms with Crippen molar-refractivity contribution in [3.05, 3.63) is 84.5 Å². The fourth-order valence-corrected chi connectivity index (χ4v) is 2.65. The van der Waals surface area contributed by atoms with Crippen molar-refractivity contribution < 1.29 is 0 Å². The standard InChI is InChI=1S/C22H29N/c1-9-12-22(18(7)16(4)5)19(8)21-14-13-20(15-17(21)6)23(10-2)11-3/h9,12-15H,1,4,7-8,10-11H2,2-3,5-6H3/b22-12+. The summed E-state index contributed by atoms with van der Waals surface area (Å²) in [5, 5.41) is 0. The van der Waals surface area contributed by atoms with Gasteiger partial charge in [0.05, 0.1) is 0 Å². The number of nitrogens with zero attached hydrogens (tertiary/aromatic N) is 1. The molecule has 0 radical (unpaired) electrons. The van der Waals surface area contributed by atoms with Crippen LogP contribution >= 0.6 is 0 Å². The normalized spacial score (nSPS) is 11.0. The molecule has 122 valence electrons. The van der Waals surface area contributed by atoms with E-state index in [-0.39, 0.29) is 0 Å². The van der Waals surface area contributed by atoms with E-state index in [0.717, 1.165) is 40.9 Å². The zero-order valence-corrected chi connectivity index (χ0v) is 15.1. The quantitative estimate of drug-likeness (QED) is 0.524. The average Bonchev–Trinajstić information content (AvgIpc) is 2.52. The number of benzene rings is 1. The zero-order chi connectivity index (χ0) is 17.6. The third-order valence-corrected chi connectivity index (χ3v) is 4.11. The van der Waals surface area contributed by atoms with Gasteiger partial charge in [0.15, 0.2) is 0 Å². The van der Waals surface area contributed by atoms with Crippen molar-refractivity contribution in [3.8, 4) is 0 Å². The van der Waals surface area contributed by atoms with E-state index < -0.39 is 0 Å². The maximum Gasteiger partial charge on any atom is 0.0369 e. The van der Waals surface area contributed by atoms with Crippen LogP contribution in [0.1, 0.15) is 31.9 Å². The molecule has 0 saturated carbocycles. The van der Waals surface area contributed by atoms with Gasteiger partial charge in [0.2, 0.25) is 0 Å². The third kappa shape index (κ3) is 4.35. The summed E-state index contributed by atoms with van der Waals surface area (Å²) in [5.41, 5.74) is 7.39. The van der Waals surface area contributed by atoms with Crippen LogP contribution in [0.25, 0.3) is 5.57 Å². The number of allylic oxidation sites excluding steroid dienone is 6. The fourth-order valence-electron chi connectivity index (χ4n) is 2.65. The van der Waals surface area contributed by atoms with Gasteiger partial charge in [0.1, 0.15) is 0 Å². The first-order valence-electron chi connectivity index (χ1n) is 8.10. The molecule has 1 rings (SSSR count). The van der Waals surface area contributed by atoms with Crippen LogP contribution in [-0.4, -0.2) is 13.1 Å². The first-order valence-corrected chi connectivity index (χ1v) is 8.10. The first kappa shape index (κ1) is 18.8. The molecule has 1 nitrogen and oxygen atoms in total. The van der Waals surface area contributed by atoms with Gasteiger partial charge in [0, 0.05) is 18.8 Å². The predicted molar refractivity (Wildman–Crippen MR) is 106 cm³/mol. The van der Waals surface area contributed by atoms with Gasteiger partial charge < -0.3 is 4.90 Å². The van der Waals surface area contributed by atoms with E-state index in [4.69, 9.17) is 0 Å². The highest BCUT2D eigenvalue weighted by Gasteiger charge is 2.13. The molecule has 0 unspecified atom stereocenters. The van der Waals surface area contributed by atoms with Gasteiger partial charge in [-0.1, -0.05) is 50.1 Å². The Morgan fingerprint density at radius 1 is 1.13 bits per heavy atom. The molecule has 1 aromatic rings. The summed E-state index contributed by atoms with van der Waals surface area (Å²) in [6, 6.07) is 6.53. The largest absolute Gasteiger partial charge is 0.372 e. The molecule has 0 bridgehead atoms. The number of hydrogen-bond acceptors (Lipinski definition) is 1. The second-order valence-electron chi connectivity index (χ2n) is 5.72. The van der Waals surface area contributed by atoms with Crippen molar-refractivity contribution in [3.63, 3.8) is 0 Å². The van der Waals surface area contributed by atoms with Crippen molar-refractivity contribution in [2.45, 2.75) is 27.7 Å². The Labute approximate surface area is 142 Å². The predicted octanol–water partition coefficient (Wildman–Crippen LogP) is 6.10. The molecule has 1 heteroatoms. The van der Waals surface area contributed by atoms with Crippen molar-refractivity contribution in [2.75, 3.05) is 18.0 Å². The average molecular weight is 307 g/mol. The molecular weight excluding hydrogens is 278 g/mol. The van der Waals surface area contributed by atoms with Crippen molar-refractivity contribution in [1.29, 1.82) is 0 Å². The molecule has 0 aliphatic heterocycles. The van der Waals surface area contributed by atoms with Crippen molar-refractivity contribution >= 4 is 11.3 Å². The van der Waals surface area contributed by atoms with Crippen molar-refractivity contribution in [2.24, 2.45) is 0 Å². The molecule has 0 aliphatic carbocycles. The van der Waals surface area contributed by atoms with Gasteiger partial charge in [-0.25, -0.2) is 0 Å². The van der Waals surface area contributed by atoms with E-state index >= 15 is 0 Å². The van der Waals surface area contributed by atoms with Crippen molar-refractivity contribution in [1.82, 2.24) is 0 Å². The molecule has 0 atom stereocenters. The summed E-state index contributed by atoms with van der Waals surface area (Å²) in [7, 11) is 0. The maximum absolute atomic E-state index is 4.29. The van der Waals surface area contributed by atoms with Crippen LogP contribution in [0.3, 0.4) is 0 Å². The van der Waals surface area contributed by atoms with Crippen LogP contribution in [0.4, 0.5) is 5.69 Å². The molecular formula is C22H29N. The highest BCUT2D eigenvalue weighted by molar-refractivity contribution is 5.85. The Morgan fingerprint density at radius 3 is 2.17 bits per heavy atom. The number of hydrogen-bond donors (Lipinski definition) is 0. The van der Waals surface area contributed by atoms with Gasteiger partial charge >= 0.3 is 0 Å². The summed E-state index contributed by atoms with van der Waals surface area (Å²) in [6.45, 7) is 26.7. The highest BCUT2D eigenvalue weighted by Crippen LogP contribution is 2.32. The molecule has 0 fully saturated rings. The lowest BCUT2D eigenvalue weighted by atomic mass is 9.89. The highest BCUT2D eigenvalue weighted by atomic mass is 15.1. The second kappa shape index (κ2) is 8.38. The van der Waals surface area contributed by atoms with Crippen LogP contribution in [0.15, 0.2) is 73.4 Å². The number of aryl methyl sites for hydroxylation is 1. The molecule has 0 amide bonds. The summed E-state index contributed by atoms with van der Waals surface area (Å²) >= 11 is 0.